The molecule has 0 fully saturated rings. The van der Waals surface area contributed by atoms with E-state index in [4.69, 9.17) is 5.73 Å². The SMILES string of the molecule is Cc1ccc([C@H](CC(=O)O)C(NC(=O)c2cc(NC3=NCC(F)CN3)c3cn[nH]c3c2)C(N)=O)cc1C(F)(F)F. The highest BCUT2D eigenvalue weighted by Gasteiger charge is 2.36. The number of anilines is 1. The first-order valence-electron chi connectivity index (χ1n) is 12.0. The molecule has 7 N–H and O–H groups in total. The molecule has 2 unspecified atom stereocenters. The lowest BCUT2D eigenvalue weighted by molar-refractivity contribution is -0.138. The van der Waals surface area contributed by atoms with Crippen molar-refractivity contribution in [2.75, 3.05) is 18.4 Å². The maximum Gasteiger partial charge on any atom is 0.416 e. The van der Waals surface area contributed by atoms with E-state index in [9.17, 15) is 37.1 Å². The van der Waals surface area contributed by atoms with Crippen molar-refractivity contribution >= 4 is 40.3 Å². The first kappa shape index (κ1) is 28.3. The fourth-order valence-electron chi connectivity index (χ4n) is 4.40. The van der Waals surface area contributed by atoms with Crippen molar-refractivity contribution in [1.29, 1.82) is 0 Å². The van der Waals surface area contributed by atoms with E-state index >= 15 is 0 Å². The van der Waals surface area contributed by atoms with E-state index in [2.05, 4.69) is 31.1 Å². The van der Waals surface area contributed by atoms with Crippen molar-refractivity contribution in [3.63, 3.8) is 0 Å². The van der Waals surface area contributed by atoms with Gasteiger partial charge in [0.25, 0.3) is 5.91 Å². The molecule has 15 heteroatoms. The van der Waals surface area contributed by atoms with E-state index in [0.29, 0.717) is 16.6 Å². The number of halogens is 4. The highest BCUT2D eigenvalue weighted by molar-refractivity contribution is 6.07. The molecule has 1 aliphatic rings. The Labute approximate surface area is 224 Å². The van der Waals surface area contributed by atoms with Crippen LogP contribution in [0.4, 0.5) is 23.2 Å². The second kappa shape index (κ2) is 11.2. The number of carboxylic acid groups (broad SMARTS) is 1. The molecular weight excluding hydrogens is 538 g/mol. The number of rotatable bonds is 8. The predicted octanol–water partition coefficient (Wildman–Crippen LogP) is 2.44. The Morgan fingerprint density at radius 1 is 1.23 bits per heavy atom. The smallest absolute Gasteiger partial charge is 0.416 e. The van der Waals surface area contributed by atoms with Gasteiger partial charge in [-0.3, -0.25) is 19.5 Å². The van der Waals surface area contributed by atoms with Crippen LogP contribution in [0.25, 0.3) is 10.9 Å². The minimum Gasteiger partial charge on any atom is -0.481 e. The number of guanidine groups is 1. The zero-order chi connectivity index (χ0) is 29.2. The van der Waals surface area contributed by atoms with Gasteiger partial charge in [-0.15, -0.1) is 0 Å². The van der Waals surface area contributed by atoms with E-state index in [1.807, 2.05) is 0 Å². The predicted molar refractivity (Wildman–Crippen MR) is 137 cm³/mol. The fraction of sp³-hybridized carbons (Fsp3) is 0.320. The van der Waals surface area contributed by atoms with Crippen LogP contribution in [0.2, 0.25) is 0 Å². The van der Waals surface area contributed by atoms with Gasteiger partial charge in [0.1, 0.15) is 12.2 Å². The monoisotopic (exact) mass is 563 g/mol. The number of fused-ring (bicyclic) bond motifs is 1. The molecule has 3 atom stereocenters. The number of aliphatic carboxylic acids is 1. The molecule has 2 aromatic carbocycles. The van der Waals surface area contributed by atoms with Gasteiger partial charge >= 0.3 is 12.1 Å². The lowest BCUT2D eigenvalue weighted by atomic mass is 9.86. The zero-order valence-electron chi connectivity index (χ0n) is 21.0. The van der Waals surface area contributed by atoms with Crippen LogP contribution in [0.1, 0.15) is 39.4 Å². The number of primary amides is 1. The third kappa shape index (κ3) is 6.30. The number of aryl methyl sites for hydroxylation is 1. The molecule has 0 saturated carbocycles. The summed E-state index contributed by atoms with van der Waals surface area (Å²) in [6.07, 6.45) is -5.19. The van der Waals surface area contributed by atoms with E-state index in [1.54, 1.807) is 0 Å². The van der Waals surface area contributed by atoms with Crippen LogP contribution in [-0.2, 0) is 15.8 Å². The molecule has 0 aliphatic carbocycles. The minimum absolute atomic E-state index is 0.0146. The van der Waals surface area contributed by atoms with Gasteiger partial charge in [0.2, 0.25) is 5.91 Å². The highest BCUT2D eigenvalue weighted by atomic mass is 19.4. The summed E-state index contributed by atoms with van der Waals surface area (Å²) in [5.74, 6) is -4.57. The Morgan fingerprint density at radius 2 is 1.98 bits per heavy atom. The first-order chi connectivity index (χ1) is 18.8. The van der Waals surface area contributed by atoms with Crippen LogP contribution in [-0.4, -0.2) is 64.4 Å². The molecule has 0 bridgehead atoms. The van der Waals surface area contributed by atoms with E-state index in [-0.39, 0.29) is 35.7 Å². The van der Waals surface area contributed by atoms with Gasteiger partial charge in [-0.05, 0) is 36.2 Å². The number of aromatic amines is 1. The minimum atomic E-state index is -4.73. The van der Waals surface area contributed by atoms with Crippen LogP contribution < -0.4 is 21.7 Å². The van der Waals surface area contributed by atoms with Crippen molar-refractivity contribution in [3.8, 4) is 0 Å². The first-order valence-corrected chi connectivity index (χ1v) is 12.0. The number of hydrogen-bond acceptors (Lipinski definition) is 7. The zero-order valence-corrected chi connectivity index (χ0v) is 21.0. The molecule has 212 valence electrons. The normalized spacial score (nSPS) is 16.9. The van der Waals surface area contributed by atoms with Gasteiger partial charge < -0.3 is 26.8 Å². The van der Waals surface area contributed by atoms with Crippen molar-refractivity contribution in [3.05, 3.63) is 58.8 Å². The number of aliphatic imine (C=N–C) groups is 1. The van der Waals surface area contributed by atoms with Gasteiger partial charge in [-0.25, -0.2) is 9.38 Å². The number of benzene rings is 2. The van der Waals surface area contributed by atoms with E-state index in [0.717, 1.165) is 12.1 Å². The Hall–Kier alpha value is -4.69. The molecule has 11 nitrogen and oxygen atoms in total. The number of carbonyl (C=O) groups excluding carboxylic acids is 2. The number of amides is 2. The molecule has 4 rings (SSSR count). The number of hydrogen-bond donors (Lipinski definition) is 6. The summed E-state index contributed by atoms with van der Waals surface area (Å²) in [5, 5.41) is 24.8. The van der Waals surface area contributed by atoms with Crippen LogP contribution >= 0.6 is 0 Å². The fourth-order valence-corrected chi connectivity index (χ4v) is 4.40. The number of carbonyl (C=O) groups is 3. The van der Waals surface area contributed by atoms with Crippen LogP contribution in [0.15, 0.2) is 41.5 Å². The lowest BCUT2D eigenvalue weighted by Crippen LogP contribution is -2.48. The van der Waals surface area contributed by atoms with Gasteiger partial charge in [0.15, 0.2) is 5.96 Å². The summed E-state index contributed by atoms with van der Waals surface area (Å²) >= 11 is 0. The third-order valence-electron chi connectivity index (χ3n) is 6.40. The van der Waals surface area contributed by atoms with Crippen LogP contribution in [0.3, 0.4) is 0 Å². The number of nitrogens with one attached hydrogen (secondary N) is 4. The van der Waals surface area contributed by atoms with E-state index in [1.165, 1.54) is 31.3 Å². The number of aromatic nitrogens is 2. The maximum atomic E-state index is 13.5. The highest BCUT2D eigenvalue weighted by Crippen LogP contribution is 2.35. The molecule has 0 saturated heterocycles. The number of nitrogens with zero attached hydrogens (tertiary/aromatic N) is 2. The number of nitrogens with two attached hydrogens (primary N) is 1. The summed E-state index contributed by atoms with van der Waals surface area (Å²) in [5.41, 5.74) is 5.02. The maximum absolute atomic E-state index is 13.5. The van der Waals surface area contributed by atoms with Crippen LogP contribution in [0.5, 0.6) is 0 Å². The molecule has 0 spiro atoms. The average Bonchev–Trinajstić information content (AvgIpc) is 3.36. The van der Waals surface area contributed by atoms with Crippen LogP contribution in [0, 0.1) is 6.92 Å². The van der Waals surface area contributed by atoms with Crippen molar-refractivity contribution in [1.82, 2.24) is 20.8 Å². The molecular formula is C25H25F4N7O4. The number of carboxylic acids is 1. The van der Waals surface area contributed by atoms with Crippen molar-refractivity contribution in [2.24, 2.45) is 10.7 Å². The van der Waals surface area contributed by atoms with Gasteiger partial charge in [-0.2, -0.15) is 18.3 Å². The summed E-state index contributed by atoms with van der Waals surface area (Å²) in [7, 11) is 0. The van der Waals surface area contributed by atoms with Gasteiger partial charge in [-0.1, -0.05) is 12.1 Å². The van der Waals surface area contributed by atoms with Crippen molar-refractivity contribution < 1.29 is 37.1 Å². The van der Waals surface area contributed by atoms with E-state index < -0.39 is 54.1 Å². The molecule has 1 aromatic heterocycles. The lowest BCUT2D eigenvalue weighted by Gasteiger charge is -2.26. The largest absolute Gasteiger partial charge is 0.481 e. The Bertz CT molecular complexity index is 1490. The Balaban J connectivity index is 1.68. The molecule has 40 heavy (non-hydrogen) atoms. The molecule has 2 amide bonds. The second-order valence-corrected chi connectivity index (χ2v) is 9.28. The standard InChI is InChI=1S/C25H25F4N7O4/c1-11-2-3-12(4-17(11)25(27,28)29)15(7-20(37)38)21(22(30)39)35-23(40)13-5-18(16-10-33-36-19(16)6-13)34-24-31-8-14(26)9-32-24/h2-6,10,14-15,21H,7-9H2,1H3,(H2,30,39)(H,33,36)(H,35,40)(H,37,38)(H2,31,32,34)/t15-,21?/m0/s1. The summed E-state index contributed by atoms with van der Waals surface area (Å²) in [6.45, 7) is 1.21. The quantitative estimate of drug-likeness (QED) is 0.228. The molecule has 1 aliphatic heterocycles. The van der Waals surface area contributed by atoms with Gasteiger partial charge in [0.05, 0.1) is 42.5 Å². The average molecular weight is 564 g/mol. The number of alkyl halides is 4. The summed E-state index contributed by atoms with van der Waals surface area (Å²) < 4.78 is 54.1. The molecule has 0 radical (unpaired) electrons. The summed E-state index contributed by atoms with van der Waals surface area (Å²) in [4.78, 5) is 41.4. The second-order valence-electron chi connectivity index (χ2n) is 9.28. The third-order valence-corrected chi connectivity index (χ3v) is 6.40. The number of H-pyrrole nitrogens is 1. The Kier molecular flexibility index (Phi) is 7.93. The Morgan fingerprint density at radius 3 is 2.60 bits per heavy atom. The molecule has 3 aromatic rings. The topological polar surface area (TPSA) is 175 Å². The van der Waals surface area contributed by atoms with Crippen molar-refractivity contribution in [2.45, 2.75) is 37.7 Å². The van der Waals surface area contributed by atoms with Gasteiger partial charge in [0, 0.05) is 16.9 Å². The molecule has 2 heterocycles. The summed E-state index contributed by atoms with van der Waals surface area (Å²) in [6, 6.07) is 4.31.